The molecular weight excluding hydrogens is 358 g/mol. The molecule has 2 aliphatic rings. The van der Waals surface area contributed by atoms with Gasteiger partial charge >= 0.3 is 0 Å². The van der Waals surface area contributed by atoms with Crippen molar-refractivity contribution >= 4 is 27.4 Å². The number of aryl methyl sites for hydroxylation is 4. The maximum Gasteiger partial charge on any atom is 0.254 e. The predicted molar refractivity (Wildman–Crippen MR) is 108 cm³/mol. The number of β-amino-alcohol motifs (C(OH)–C–C–N with tert-alkyl or cyclic N) is 1. The summed E-state index contributed by atoms with van der Waals surface area (Å²) >= 11 is 1.82. The molecule has 1 fully saturated rings. The monoisotopic (exact) mass is 383 g/mol. The van der Waals surface area contributed by atoms with Gasteiger partial charge in [-0.3, -0.25) is 0 Å². The molecule has 27 heavy (non-hydrogen) atoms. The van der Waals surface area contributed by atoms with Gasteiger partial charge in [-0.05, 0) is 64.0 Å². The van der Waals surface area contributed by atoms with Crippen molar-refractivity contribution in [2.24, 2.45) is 0 Å². The molecule has 0 saturated carbocycles. The number of aliphatic hydroxyl groups excluding tert-OH is 1. The van der Waals surface area contributed by atoms with Gasteiger partial charge in [0, 0.05) is 23.7 Å². The normalized spacial score (nSPS) is 20.3. The van der Waals surface area contributed by atoms with E-state index in [1.165, 1.54) is 28.7 Å². The number of aromatic nitrogens is 4. The number of hydrogen-bond acceptors (Lipinski definition) is 6. The SMILES string of the molecule is Cc1cc(C)n(-c2nc(N3CCCC(O)C3)c3c4c(sc3n2)CCCC4)n1. The Hall–Kier alpha value is -1.99. The first kappa shape index (κ1) is 17.1. The highest BCUT2D eigenvalue weighted by Gasteiger charge is 2.27. The molecule has 0 radical (unpaired) electrons. The molecule has 3 aromatic heterocycles. The molecule has 1 aliphatic carbocycles. The standard InChI is InChI=1S/C20H25N5OS/c1-12-10-13(2)25(23-12)20-21-18(24-9-5-6-14(26)11-24)17-15-7-3-4-8-16(15)27-19(17)22-20/h10,14,26H,3-9,11H2,1-2H3. The fraction of sp³-hybridized carbons (Fsp3) is 0.550. The van der Waals surface area contributed by atoms with E-state index >= 15 is 0 Å². The number of thiophene rings is 1. The fourth-order valence-corrected chi connectivity index (χ4v) is 5.68. The molecule has 142 valence electrons. The summed E-state index contributed by atoms with van der Waals surface area (Å²) in [6.45, 7) is 5.61. The van der Waals surface area contributed by atoms with Crippen LogP contribution in [0.5, 0.6) is 0 Å². The average molecular weight is 384 g/mol. The van der Waals surface area contributed by atoms with E-state index < -0.39 is 0 Å². The van der Waals surface area contributed by atoms with Gasteiger partial charge in [-0.25, -0.2) is 4.68 Å². The van der Waals surface area contributed by atoms with Gasteiger partial charge in [-0.2, -0.15) is 15.1 Å². The van der Waals surface area contributed by atoms with Crippen LogP contribution in [0.25, 0.3) is 16.2 Å². The van der Waals surface area contributed by atoms with Crippen LogP contribution in [0.1, 0.15) is 47.5 Å². The topological polar surface area (TPSA) is 67.1 Å². The summed E-state index contributed by atoms with van der Waals surface area (Å²) in [7, 11) is 0. The smallest absolute Gasteiger partial charge is 0.254 e. The van der Waals surface area contributed by atoms with Crippen molar-refractivity contribution in [2.45, 2.75) is 58.5 Å². The van der Waals surface area contributed by atoms with Crippen LogP contribution in [0, 0.1) is 13.8 Å². The first-order chi connectivity index (χ1) is 13.1. The van der Waals surface area contributed by atoms with Gasteiger partial charge in [0.25, 0.3) is 5.95 Å². The summed E-state index contributed by atoms with van der Waals surface area (Å²) in [6, 6.07) is 2.05. The predicted octanol–water partition coefficient (Wildman–Crippen LogP) is 3.33. The van der Waals surface area contributed by atoms with Gasteiger partial charge in [0.1, 0.15) is 10.6 Å². The zero-order chi connectivity index (χ0) is 18.5. The number of anilines is 1. The molecule has 7 heteroatoms. The Labute approximate surface area is 162 Å². The second kappa shape index (κ2) is 6.56. The van der Waals surface area contributed by atoms with Gasteiger partial charge in [0.15, 0.2) is 0 Å². The van der Waals surface area contributed by atoms with Crippen LogP contribution in [0.4, 0.5) is 5.82 Å². The number of aliphatic hydroxyl groups is 1. The van der Waals surface area contributed by atoms with E-state index in [1.54, 1.807) is 0 Å². The first-order valence-electron chi connectivity index (χ1n) is 9.89. The van der Waals surface area contributed by atoms with Crippen LogP contribution in [-0.4, -0.2) is 44.0 Å². The lowest BCUT2D eigenvalue weighted by molar-refractivity contribution is 0.154. The minimum absolute atomic E-state index is 0.282. The highest BCUT2D eigenvalue weighted by Crippen LogP contribution is 2.40. The van der Waals surface area contributed by atoms with Crippen LogP contribution < -0.4 is 4.90 Å². The molecule has 0 amide bonds. The molecule has 0 spiro atoms. The largest absolute Gasteiger partial charge is 0.391 e. The molecule has 0 aromatic carbocycles. The third-order valence-electron chi connectivity index (χ3n) is 5.68. The minimum Gasteiger partial charge on any atom is -0.391 e. The first-order valence-corrected chi connectivity index (χ1v) is 10.7. The number of hydrogen-bond donors (Lipinski definition) is 1. The van der Waals surface area contributed by atoms with E-state index in [0.717, 1.165) is 54.3 Å². The Morgan fingerprint density at radius 1 is 1.15 bits per heavy atom. The number of rotatable bonds is 2. The third-order valence-corrected chi connectivity index (χ3v) is 6.86. The van der Waals surface area contributed by atoms with E-state index in [4.69, 9.17) is 9.97 Å². The van der Waals surface area contributed by atoms with Crippen molar-refractivity contribution in [2.75, 3.05) is 18.0 Å². The minimum atomic E-state index is -0.282. The molecule has 1 unspecified atom stereocenters. The summed E-state index contributed by atoms with van der Waals surface area (Å²) in [5, 5.41) is 16.1. The van der Waals surface area contributed by atoms with Gasteiger partial charge < -0.3 is 10.0 Å². The molecule has 4 heterocycles. The van der Waals surface area contributed by atoms with Crippen LogP contribution in [0.2, 0.25) is 0 Å². The van der Waals surface area contributed by atoms with Gasteiger partial charge in [0.05, 0.1) is 17.2 Å². The zero-order valence-corrected chi connectivity index (χ0v) is 16.7. The Bertz CT molecular complexity index is 1010. The van der Waals surface area contributed by atoms with E-state index in [1.807, 2.05) is 29.9 Å². The number of piperidine rings is 1. The van der Waals surface area contributed by atoms with E-state index in [9.17, 15) is 5.11 Å². The lowest BCUT2D eigenvalue weighted by Gasteiger charge is -2.32. The third kappa shape index (κ3) is 2.93. The summed E-state index contributed by atoms with van der Waals surface area (Å²) in [5.41, 5.74) is 3.45. The lowest BCUT2D eigenvalue weighted by Crippen LogP contribution is -2.39. The van der Waals surface area contributed by atoms with E-state index in [0.29, 0.717) is 12.5 Å². The van der Waals surface area contributed by atoms with Crippen molar-refractivity contribution in [1.29, 1.82) is 0 Å². The van der Waals surface area contributed by atoms with Crippen LogP contribution in [0.15, 0.2) is 6.07 Å². The van der Waals surface area contributed by atoms with E-state index in [2.05, 4.69) is 16.1 Å². The fourth-order valence-electron chi connectivity index (χ4n) is 4.43. The van der Waals surface area contributed by atoms with E-state index in [-0.39, 0.29) is 6.10 Å². The van der Waals surface area contributed by atoms with Crippen molar-refractivity contribution in [1.82, 2.24) is 19.7 Å². The second-order valence-corrected chi connectivity index (χ2v) is 8.90. The number of fused-ring (bicyclic) bond motifs is 3. The Kier molecular flexibility index (Phi) is 4.16. The van der Waals surface area contributed by atoms with Gasteiger partial charge in [0.2, 0.25) is 0 Å². The quantitative estimate of drug-likeness (QED) is 0.735. The molecule has 0 bridgehead atoms. The van der Waals surface area contributed by atoms with Crippen LogP contribution >= 0.6 is 11.3 Å². The average Bonchev–Trinajstić information content (AvgIpc) is 3.20. The summed E-state index contributed by atoms with van der Waals surface area (Å²) in [4.78, 5) is 14.7. The molecular formula is C20H25N5OS. The lowest BCUT2D eigenvalue weighted by atomic mass is 9.96. The Balaban J connectivity index is 1.73. The molecule has 6 nitrogen and oxygen atoms in total. The van der Waals surface area contributed by atoms with Gasteiger partial charge in [-0.15, -0.1) is 11.3 Å². The molecule has 1 saturated heterocycles. The number of nitrogens with zero attached hydrogens (tertiary/aromatic N) is 5. The highest BCUT2D eigenvalue weighted by atomic mass is 32.1. The summed E-state index contributed by atoms with van der Waals surface area (Å²) in [6.07, 6.45) is 6.34. The van der Waals surface area contributed by atoms with Crippen LogP contribution in [0.3, 0.4) is 0 Å². The molecule has 1 atom stereocenters. The molecule has 1 N–H and O–H groups in total. The molecule has 3 aromatic rings. The zero-order valence-electron chi connectivity index (χ0n) is 15.9. The Morgan fingerprint density at radius 3 is 2.78 bits per heavy atom. The second-order valence-electron chi connectivity index (χ2n) is 7.82. The molecule has 1 aliphatic heterocycles. The van der Waals surface area contributed by atoms with Crippen LogP contribution in [-0.2, 0) is 12.8 Å². The molecule has 5 rings (SSSR count). The van der Waals surface area contributed by atoms with Crippen molar-refractivity contribution < 1.29 is 5.11 Å². The summed E-state index contributed by atoms with van der Waals surface area (Å²) < 4.78 is 1.84. The van der Waals surface area contributed by atoms with Gasteiger partial charge in [-0.1, -0.05) is 0 Å². The maximum absolute atomic E-state index is 10.2. The van der Waals surface area contributed by atoms with Crippen molar-refractivity contribution in [3.8, 4) is 5.95 Å². The van der Waals surface area contributed by atoms with Crippen molar-refractivity contribution in [3.05, 3.63) is 27.9 Å². The van der Waals surface area contributed by atoms with Crippen molar-refractivity contribution in [3.63, 3.8) is 0 Å². The maximum atomic E-state index is 10.2. The summed E-state index contributed by atoms with van der Waals surface area (Å²) in [5.74, 6) is 1.63. The Morgan fingerprint density at radius 2 is 2.00 bits per heavy atom. The highest BCUT2D eigenvalue weighted by molar-refractivity contribution is 7.19.